The molecule has 0 unspecified atom stereocenters. The molecule has 210 valence electrons. The maximum absolute atomic E-state index is 6.32. The zero-order valence-electron chi connectivity index (χ0n) is 24.1. The Balaban J connectivity index is 1.34. The highest BCUT2D eigenvalue weighted by Gasteiger charge is 2.18. The van der Waals surface area contributed by atoms with Gasteiger partial charge in [0, 0.05) is 27.6 Å². The van der Waals surface area contributed by atoms with Crippen molar-refractivity contribution in [2.75, 3.05) is 0 Å². The molecule has 45 heavy (non-hydrogen) atoms. The minimum Gasteiger partial charge on any atom is -0.436 e. The van der Waals surface area contributed by atoms with Crippen LogP contribution in [0.4, 0.5) is 0 Å². The fraction of sp³-hybridized carbons (Fsp3) is 0. The van der Waals surface area contributed by atoms with Crippen LogP contribution in [-0.4, -0.2) is 19.9 Å². The van der Waals surface area contributed by atoms with Gasteiger partial charge < -0.3 is 4.42 Å². The second kappa shape index (κ2) is 10.2. The molecule has 0 spiro atoms. The lowest BCUT2D eigenvalue weighted by Gasteiger charge is -2.13. The van der Waals surface area contributed by atoms with Crippen molar-refractivity contribution < 1.29 is 4.42 Å². The van der Waals surface area contributed by atoms with Gasteiger partial charge in [-0.05, 0) is 57.3 Å². The Morgan fingerprint density at radius 1 is 0.356 bits per heavy atom. The van der Waals surface area contributed by atoms with Gasteiger partial charge >= 0.3 is 0 Å². The van der Waals surface area contributed by atoms with E-state index < -0.39 is 0 Å². The van der Waals surface area contributed by atoms with E-state index in [1.54, 1.807) is 0 Å². The molecule has 0 radical (unpaired) electrons. The van der Waals surface area contributed by atoms with Gasteiger partial charge in [0.15, 0.2) is 23.1 Å². The lowest BCUT2D eigenvalue weighted by atomic mass is 9.92. The smallest absolute Gasteiger partial charge is 0.227 e. The van der Waals surface area contributed by atoms with Gasteiger partial charge in [-0.2, -0.15) is 0 Å². The van der Waals surface area contributed by atoms with E-state index in [1.807, 2.05) is 97.1 Å². The Morgan fingerprint density at radius 3 is 1.47 bits per heavy atom. The molecule has 5 nitrogen and oxygen atoms in total. The number of aromatic nitrogens is 4. The Morgan fingerprint density at radius 2 is 0.844 bits per heavy atom. The van der Waals surface area contributed by atoms with Crippen molar-refractivity contribution in [3.63, 3.8) is 0 Å². The molecule has 9 aromatic rings. The number of hydrogen-bond acceptors (Lipinski definition) is 5. The summed E-state index contributed by atoms with van der Waals surface area (Å²) in [5.41, 5.74) is 5.31. The van der Waals surface area contributed by atoms with Crippen LogP contribution >= 0.6 is 0 Å². The molecule has 7 aromatic carbocycles. The van der Waals surface area contributed by atoms with E-state index in [2.05, 4.69) is 48.5 Å². The van der Waals surface area contributed by atoms with E-state index in [-0.39, 0.29) is 0 Å². The predicted octanol–water partition coefficient (Wildman–Crippen LogP) is 10.1. The van der Waals surface area contributed by atoms with Crippen LogP contribution in [-0.2, 0) is 0 Å². The molecule has 0 bridgehead atoms. The summed E-state index contributed by atoms with van der Waals surface area (Å²) in [5.74, 6) is 2.49. The molecule has 0 aliphatic carbocycles. The highest BCUT2D eigenvalue weighted by Crippen LogP contribution is 2.41. The lowest BCUT2D eigenvalue weighted by Crippen LogP contribution is -2.00. The predicted molar refractivity (Wildman–Crippen MR) is 182 cm³/mol. The van der Waals surface area contributed by atoms with E-state index in [4.69, 9.17) is 24.4 Å². The molecule has 0 N–H and O–H groups in total. The van der Waals surface area contributed by atoms with Crippen LogP contribution < -0.4 is 0 Å². The average molecular weight is 577 g/mol. The first-order valence-electron chi connectivity index (χ1n) is 14.9. The normalized spacial score (nSPS) is 11.6. The maximum atomic E-state index is 6.32. The molecule has 0 fully saturated rings. The number of oxazole rings is 1. The van der Waals surface area contributed by atoms with E-state index in [0.717, 1.165) is 54.9 Å². The molecule has 0 saturated carbocycles. The first-order chi connectivity index (χ1) is 22.3. The van der Waals surface area contributed by atoms with Gasteiger partial charge in [-0.25, -0.2) is 19.9 Å². The monoisotopic (exact) mass is 576 g/mol. The molecular formula is C40H24N4O. The minimum absolute atomic E-state index is 0.605. The molecule has 0 aliphatic rings. The molecular weight excluding hydrogens is 552 g/mol. The van der Waals surface area contributed by atoms with E-state index >= 15 is 0 Å². The van der Waals surface area contributed by atoms with E-state index in [1.165, 1.54) is 10.8 Å². The molecule has 2 aromatic heterocycles. The summed E-state index contributed by atoms with van der Waals surface area (Å²) < 4.78 is 6.32. The summed E-state index contributed by atoms with van der Waals surface area (Å²) in [6.45, 7) is 0. The molecule has 0 saturated heterocycles. The topological polar surface area (TPSA) is 64.7 Å². The summed E-state index contributed by atoms with van der Waals surface area (Å²) >= 11 is 0. The van der Waals surface area contributed by atoms with Crippen molar-refractivity contribution in [2.45, 2.75) is 0 Å². The summed E-state index contributed by atoms with van der Waals surface area (Å²) in [6.07, 6.45) is 0. The van der Waals surface area contributed by atoms with Gasteiger partial charge in [0.2, 0.25) is 5.89 Å². The quantitative estimate of drug-likeness (QED) is 0.195. The SMILES string of the molecule is c1ccc(-c2nc(-c3ccccc3)nc(-c3ccc4c5ccccc5c5ccc6oc(-c7ccccc7)nc6c5c4c3)n2)cc1. The molecule has 2 heterocycles. The number of rotatable bonds is 4. The van der Waals surface area contributed by atoms with Crippen molar-refractivity contribution in [3.05, 3.63) is 146 Å². The van der Waals surface area contributed by atoms with Crippen LogP contribution in [0.15, 0.2) is 150 Å². The first kappa shape index (κ1) is 25.3. The first-order valence-corrected chi connectivity index (χ1v) is 14.9. The third-order valence-corrected chi connectivity index (χ3v) is 8.34. The van der Waals surface area contributed by atoms with Gasteiger partial charge in [0.1, 0.15) is 5.52 Å². The van der Waals surface area contributed by atoms with Crippen molar-refractivity contribution in [3.8, 4) is 45.6 Å². The summed E-state index contributed by atoms with van der Waals surface area (Å²) in [5, 5.41) is 6.75. The number of nitrogens with zero attached hydrogens (tertiary/aromatic N) is 4. The van der Waals surface area contributed by atoms with Crippen molar-refractivity contribution >= 4 is 43.4 Å². The molecule has 0 atom stereocenters. The summed E-state index contributed by atoms with van der Waals surface area (Å²) in [6, 6.07) is 49.3. The number of hydrogen-bond donors (Lipinski definition) is 0. The van der Waals surface area contributed by atoms with Crippen LogP contribution in [0, 0.1) is 0 Å². The molecule has 9 rings (SSSR count). The van der Waals surface area contributed by atoms with Crippen LogP contribution in [0.1, 0.15) is 0 Å². The maximum Gasteiger partial charge on any atom is 0.227 e. The Bertz CT molecular complexity index is 2470. The van der Waals surface area contributed by atoms with E-state index in [9.17, 15) is 0 Å². The van der Waals surface area contributed by atoms with Crippen LogP contribution in [0.2, 0.25) is 0 Å². The second-order valence-electron chi connectivity index (χ2n) is 11.1. The van der Waals surface area contributed by atoms with Gasteiger partial charge in [0.25, 0.3) is 0 Å². The van der Waals surface area contributed by atoms with E-state index in [0.29, 0.717) is 23.4 Å². The van der Waals surface area contributed by atoms with Gasteiger partial charge in [-0.1, -0.05) is 115 Å². The molecule has 0 amide bonds. The fourth-order valence-corrected chi connectivity index (χ4v) is 6.21. The largest absolute Gasteiger partial charge is 0.436 e. The third kappa shape index (κ3) is 4.25. The van der Waals surface area contributed by atoms with Crippen LogP contribution in [0.3, 0.4) is 0 Å². The Kier molecular flexibility index (Phi) is 5.74. The zero-order chi connectivity index (χ0) is 29.7. The Labute approximate surface area is 258 Å². The van der Waals surface area contributed by atoms with Crippen LogP contribution in [0.25, 0.3) is 89.0 Å². The molecule has 5 heteroatoms. The minimum atomic E-state index is 0.605. The number of fused-ring (bicyclic) bond motifs is 8. The Hall–Kier alpha value is -6.20. The zero-order valence-corrected chi connectivity index (χ0v) is 24.1. The summed E-state index contributed by atoms with van der Waals surface area (Å²) in [4.78, 5) is 19.9. The fourth-order valence-electron chi connectivity index (χ4n) is 6.21. The van der Waals surface area contributed by atoms with Crippen molar-refractivity contribution in [1.82, 2.24) is 19.9 Å². The third-order valence-electron chi connectivity index (χ3n) is 8.34. The van der Waals surface area contributed by atoms with Crippen LogP contribution in [0.5, 0.6) is 0 Å². The highest BCUT2D eigenvalue weighted by atomic mass is 16.3. The highest BCUT2D eigenvalue weighted by molar-refractivity contribution is 6.30. The lowest BCUT2D eigenvalue weighted by molar-refractivity contribution is 0.620. The summed E-state index contributed by atoms with van der Waals surface area (Å²) in [7, 11) is 0. The molecule has 0 aliphatic heterocycles. The second-order valence-corrected chi connectivity index (χ2v) is 11.1. The van der Waals surface area contributed by atoms with Gasteiger partial charge in [-0.3, -0.25) is 0 Å². The number of benzene rings is 7. The van der Waals surface area contributed by atoms with Gasteiger partial charge in [0.05, 0.1) is 0 Å². The van der Waals surface area contributed by atoms with Gasteiger partial charge in [-0.15, -0.1) is 0 Å². The standard InChI is InChI=1S/C40H24N4O/c1-4-12-25(13-5-1)37-42-38(26-14-6-2-7-15-26)44-39(43-37)28-20-21-31-29-18-10-11-19-30(29)32-22-23-34-36(35(32)33(31)24-28)41-40(45-34)27-16-8-3-9-17-27/h1-24H. The van der Waals surface area contributed by atoms with Crippen molar-refractivity contribution in [2.24, 2.45) is 0 Å². The van der Waals surface area contributed by atoms with Crippen molar-refractivity contribution in [1.29, 1.82) is 0 Å². The average Bonchev–Trinajstić information content (AvgIpc) is 3.57.